The van der Waals surface area contributed by atoms with Crippen molar-refractivity contribution < 1.29 is 9.53 Å². The predicted molar refractivity (Wildman–Crippen MR) is 70.4 cm³/mol. The second kappa shape index (κ2) is 6.07. The number of nitrogens with zero attached hydrogens (tertiary/aromatic N) is 1. The van der Waals surface area contributed by atoms with E-state index in [9.17, 15) is 4.79 Å². The van der Waals surface area contributed by atoms with Crippen LogP contribution < -0.4 is 5.73 Å². The van der Waals surface area contributed by atoms with Crippen LogP contribution in [0.5, 0.6) is 0 Å². The van der Waals surface area contributed by atoms with E-state index in [1.165, 1.54) is 0 Å². The van der Waals surface area contributed by atoms with Crippen molar-refractivity contribution in [2.24, 2.45) is 5.73 Å². The number of hydrogen-bond acceptors (Lipinski definition) is 3. The second-order valence-corrected chi connectivity index (χ2v) is 4.97. The van der Waals surface area contributed by atoms with Gasteiger partial charge >= 0.3 is 6.09 Å². The normalized spacial score (nSPS) is 19.7. The number of piperidine rings is 1. The highest BCUT2D eigenvalue weighted by Crippen LogP contribution is 2.13. The van der Waals surface area contributed by atoms with Crippen molar-refractivity contribution in [3.63, 3.8) is 0 Å². The van der Waals surface area contributed by atoms with E-state index in [0.717, 1.165) is 24.9 Å². The van der Waals surface area contributed by atoms with Crippen molar-refractivity contribution in [2.75, 3.05) is 13.1 Å². The van der Waals surface area contributed by atoms with Crippen LogP contribution in [0.3, 0.4) is 0 Å². The third kappa shape index (κ3) is 3.62. The summed E-state index contributed by atoms with van der Waals surface area (Å²) in [5.74, 6) is 0. The molecule has 1 saturated heterocycles. The molecular weight excluding hydrogens is 252 g/mol. The summed E-state index contributed by atoms with van der Waals surface area (Å²) in [4.78, 5) is 13.5. The fraction of sp³-hybridized carbons (Fsp3) is 0.462. The largest absolute Gasteiger partial charge is 0.445 e. The van der Waals surface area contributed by atoms with Gasteiger partial charge in [0.2, 0.25) is 0 Å². The van der Waals surface area contributed by atoms with Crippen molar-refractivity contribution in [2.45, 2.75) is 25.5 Å². The molecule has 2 rings (SSSR count). The zero-order valence-electron chi connectivity index (χ0n) is 10.1. The highest BCUT2D eigenvalue weighted by Gasteiger charge is 2.22. The van der Waals surface area contributed by atoms with Crippen molar-refractivity contribution >= 4 is 17.7 Å². The van der Waals surface area contributed by atoms with E-state index in [2.05, 4.69) is 0 Å². The van der Waals surface area contributed by atoms with Gasteiger partial charge in [-0.05, 0) is 30.5 Å². The van der Waals surface area contributed by atoms with Crippen molar-refractivity contribution in [3.05, 3.63) is 34.9 Å². The Bertz CT molecular complexity index is 408. The molecule has 1 atom stereocenters. The quantitative estimate of drug-likeness (QED) is 0.896. The maximum absolute atomic E-state index is 11.8. The smallest absolute Gasteiger partial charge is 0.410 e. The van der Waals surface area contributed by atoms with Crippen LogP contribution in [-0.2, 0) is 11.3 Å². The Balaban J connectivity index is 1.82. The Kier molecular flexibility index (Phi) is 4.44. The number of hydrogen-bond donors (Lipinski definition) is 1. The van der Waals surface area contributed by atoms with Crippen LogP contribution in [0.4, 0.5) is 4.79 Å². The van der Waals surface area contributed by atoms with E-state index in [1.807, 2.05) is 12.1 Å². The molecule has 5 heteroatoms. The average molecular weight is 269 g/mol. The van der Waals surface area contributed by atoms with E-state index in [0.29, 0.717) is 11.6 Å². The third-order valence-corrected chi connectivity index (χ3v) is 3.24. The number of carbonyl (C=O) groups is 1. The molecule has 0 bridgehead atoms. The number of likely N-dealkylation sites (tertiary alicyclic amines) is 1. The van der Waals surface area contributed by atoms with Gasteiger partial charge in [-0.2, -0.15) is 0 Å². The molecule has 98 valence electrons. The van der Waals surface area contributed by atoms with E-state index in [-0.39, 0.29) is 18.7 Å². The summed E-state index contributed by atoms with van der Waals surface area (Å²) in [7, 11) is 0. The molecule has 0 aliphatic carbocycles. The van der Waals surface area contributed by atoms with Crippen LogP contribution in [0.25, 0.3) is 0 Å². The molecule has 1 aliphatic heterocycles. The minimum Gasteiger partial charge on any atom is -0.445 e. The first kappa shape index (κ1) is 13.2. The van der Waals surface area contributed by atoms with Crippen molar-refractivity contribution in [3.8, 4) is 0 Å². The van der Waals surface area contributed by atoms with Crippen LogP contribution in [0.2, 0.25) is 5.02 Å². The van der Waals surface area contributed by atoms with E-state index in [4.69, 9.17) is 22.1 Å². The summed E-state index contributed by atoms with van der Waals surface area (Å²) in [6, 6.07) is 7.32. The van der Waals surface area contributed by atoms with Gasteiger partial charge in [-0.25, -0.2) is 4.79 Å². The molecule has 0 saturated carbocycles. The lowest BCUT2D eigenvalue weighted by atomic mass is 10.1. The molecule has 0 radical (unpaired) electrons. The van der Waals surface area contributed by atoms with Gasteiger partial charge in [-0.15, -0.1) is 0 Å². The molecule has 0 aromatic heterocycles. The molecular formula is C13H17ClN2O2. The molecule has 0 unspecified atom stereocenters. The van der Waals surface area contributed by atoms with Gasteiger partial charge in [0.1, 0.15) is 6.61 Å². The summed E-state index contributed by atoms with van der Waals surface area (Å²) in [5.41, 5.74) is 6.75. The monoisotopic (exact) mass is 268 g/mol. The van der Waals surface area contributed by atoms with Gasteiger partial charge < -0.3 is 15.4 Å². The van der Waals surface area contributed by atoms with Crippen LogP contribution in [0, 0.1) is 0 Å². The Morgan fingerprint density at radius 2 is 2.17 bits per heavy atom. The van der Waals surface area contributed by atoms with E-state index < -0.39 is 0 Å². The first-order valence-electron chi connectivity index (χ1n) is 6.07. The molecule has 4 nitrogen and oxygen atoms in total. The molecule has 1 aliphatic rings. The summed E-state index contributed by atoms with van der Waals surface area (Å²) in [6.07, 6.45) is 1.62. The molecule has 18 heavy (non-hydrogen) atoms. The van der Waals surface area contributed by atoms with Gasteiger partial charge in [0.15, 0.2) is 0 Å². The number of nitrogens with two attached hydrogens (primary N) is 1. The average Bonchev–Trinajstić information content (AvgIpc) is 2.38. The van der Waals surface area contributed by atoms with Crippen molar-refractivity contribution in [1.82, 2.24) is 4.90 Å². The van der Waals surface area contributed by atoms with Gasteiger partial charge in [0.25, 0.3) is 0 Å². The van der Waals surface area contributed by atoms with Crippen LogP contribution >= 0.6 is 11.6 Å². The fourth-order valence-corrected chi connectivity index (χ4v) is 2.12. The maximum Gasteiger partial charge on any atom is 0.410 e. The molecule has 1 aromatic carbocycles. The topological polar surface area (TPSA) is 55.6 Å². The highest BCUT2D eigenvalue weighted by atomic mass is 35.5. The first-order chi connectivity index (χ1) is 8.65. The minimum atomic E-state index is -0.292. The Morgan fingerprint density at radius 1 is 1.44 bits per heavy atom. The lowest BCUT2D eigenvalue weighted by molar-refractivity contribution is 0.0862. The fourth-order valence-electron chi connectivity index (χ4n) is 1.99. The van der Waals surface area contributed by atoms with Gasteiger partial charge in [-0.3, -0.25) is 0 Å². The Labute approximate surface area is 112 Å². The van der Waals surface area contributed by atoms with Crippen molar-refractivity contribution in [1.29, 1.82) is 0 Å². The number of carbonyl (C=O) groups excluding carboxylic acids is 1. The minimum absolute atomic E-state index is 0.0711. The summed E-state index contributed by atoms with van der Waals surface area (Å²) < 4.78 is 5.24. The van der Waals surface area contributed by atoms with Crippen LogP contribution in [-0.4, -0.2) is 30.1 Å². The zero-order chi connectivity index (χ0) is 13.0. The highest BCUT2D eigenvalue weighted by molar-refractivity contribution is 6.30. The summed E-state index contributed by atoms with van der Waals surface area (Å²) in [6.45, 7) is 1.58. The molecule has 1 amide bonds. The Hall–Kier alpha value is -1.26. The van der Waals surface area contributed by atoms with Gasteiger partial charge in [0, 0.05) is 24.2 Å². The number of benzene rings is 1. The summed E-state index contributed by atoms with van der Waals surface area (Å²) >= 11 is 5.78. The predicted octanol–water partition coefficient (Wildman–Crippen LogP) is 2.40. The van der Waals surface area contributed by atoms with Crippen LogP contribution in [0.15, 0.2) is 24.3 Å². The number of halogens is 1. The second-order valence-electron chi connectivity index (χ2n) is 4.53. The maximum atomic E-state index is 11.8. The Morgan fingerprint density at radius 3 is 2.83 bits per heavy atom. The first-order valence-corrected chi connectivity index (χ1v) is 6.44. The standard InChI is InChI=1S/C13H17ClN2O2/c14-11-5-3-10(4-6-11)9-18-13(17)16-7-1-2-12(15)8-16/h3-6,12H,1-2,7-9,15H2/t12-/m0/s1. The SMILES string of the molecule is N[C@H]1CCCN(C(=O)OCc2ccc(Cl)cc2)C1. The van der Waals surface area contributed by atoms with Crippen LogP contribution in [0.1, 0.15) is 18.4 Å². The number of amides is 1. The van der Waals surface area contributed by atoms with Gasteiger partial charge in [-0.1, -0.05) is 23.7 Å². The third-order valence-electron chi connectivity index (χ3n) is 2.99. The number of ether oxygens (including phenoxy) is 1. The van der Waals surface area contributed by atoms with E-state index >= 15 is 0 Å². The number of rotatable bonds is 2. The molecule has 0 spiro atoms. The molecule has 1 fully saturated rings. The lowest BCUT2D eigenvalue weighted by Crippen LogP contribution is -2.45. The van der Waals surface area contributed by atoms with Gasteiger partial charge in [0.05, 0.1) is 0 Å². The summed E-state index contributed by atoms with van der Waals surface area (Å²) in [5, 5.41) is 0.673. The lowest BCUT2D eigenvalue weighted by Gasteiger charge is -2.29. The molecule has 1 aromatic rings. The molecule has 2 N–H and O–H groups in total. The van der Waals surface area contributed by atoms with E-state index in [1.54, 1.807) is 17.0 Å². The molecule has 1 heterocycles. The zero-order valence-corrected chi connectivity index (χ0v) is 10.9.